The number of allylic oxidation sites excluding steroid dienone is 3. The number of carbonyl (C=O) groups excluding carboxylic acids is 1. The van der Waals surface area contributed by atoms with Crippen LogP contribution in [0.5, 0.6) is 0 Å². The van der Waals surface area contributed by atoms with E-state index in [0.29, 0.717) is 12.4 Å². The molecule has 0 spiro atoms. The minimum absolute atomic E-state index is 0.333. The number of pyridine rings is 1. The minimum Gasteiger partial charge on any atom is -0.443 e. The Morgan fingerprint density at radius 1 is 1.50 bits per heavy atom. The SMILES string of the molecule is C=C/C=C(\C)c1ccc(N2CCC(C)(C)OC2=O)nc1. The Hall–Kier alpha value is -2.10. The first-order valence-electron chi connectivity index (χ1n) is 6.69. The van der Waals surface area contributed by atoms with Gasteiger partial charge in [-0.1, -0.05) is 18.7 Å². The van der Waals surface area contributed by atoms with E-state index >= 15 is 0 Å². The molecule has 0 aliphatic carbocycles. The number of aromatic nitrogens is 1. The van der Waals surface area contributed by atoms with Crippen molar-refractivity contribution >= 4 is 17.5 Å². The Labute approximate surface area is 119 Å². The van der Waals surface area contributed by atoms with E-state index in [9.17, 15) is 4.79 Å². The fourth-order valence-electron chi connectivity index (χ4n) is 2.07. The van der Waals surface area contributed by atoms with Crippen LogP contribution in [0.1, 0.15) is 32.8 Å². The summed E-state index contributed by atoms with van der Waals surface area (Å²) >= 11 is 0. The van der Waals surface area contributed by atoms with Crippen molar-refractivity contribution in [3.8, 4) is 0 Å². The Bertz CT molecular complexity index is 544. The lowest BCUT2D eigenvalue weighted by molar-refractivity contribution is 0.0234. The summed E-state index contributed by atoms with van der Waals surface area (Å²) < 4.78 is 5.38. The molecule has 0 unspecified atom stereocenters. The van der Waals surface area contributed by atoms with Crippen molar-refractivity contribution in [1.82, 2.24) is 4.98 Å². The van der Waals surface area contributed by atoms with E-state index in [0.717, 1.165) is 17.6 Å². The number of anilines is 1. The molecule has 1 fully saturated rings. The van der Waals surface area contributed by atoms with E-state index in [1.807, 2.05) is 39.0 Å². The normalized spacial score (nSPS) is 18.6. The van der Waals surface area contributed by atoms with Crippen molar-refractivity contribution in [3.05, 3.63) is 42.6 Å². The third-order valence-corrected chi connectivity index (χ3v) is 3.37. The lowest BCUT2D eigenvalue weighted by Crippen LogP contribution is -2.47. The van der Waals surface area contributed by atoms with Gasteiger partial charge in [-0.2, -0.15) is 0 Å². The van der Waals surface area contributed by atoms with Crippen LogP contribution >= 0.6 is 0 Å². The highest BCUT2D eigenvalue weighted by atomic mass is 16.6. The number of cyclic esters (lactones) is 1. The molecule has 1 saturated heterocycles. The van der Waals surface area contributed by atoms with Crippen LogP contribution in [0, 0.1) is 0 Å². The zero-order valence-corrected chi connectivity index (χ0v) is 12.2. The van der Waals surface area contributed by atoms with Crippen LogP contribution in [-0.2, 0) is 4.74 Å². The highest BCUT2D eigenvalue weighted by molar-refractivity contribution is 5.87. The number of carbonyl (C=O) groups is 1. The molecule has 2 rings (SSSR count). The second-order valence-electron chi connectivity index (χ2n) is 5.52. The molecule has 106 valence electrons. The van der Waals surface area contributed by atoms with E-state index in [1.165, 1.54) is 0 Å². The monoisotopic (exact) mass is 272 g/mol. The molecular formula is C16H20N2O2. The number of amides is 1. The molecule has 4 heteroatoms. The summed E-state index contributed by atoms with van der Waals surface area (Å²) in [6.07, 6.45) is 5.89. The van der Waals surface area contributed by atoms with Crippen LogP contribution in [0.4, 0.5) is 10.6 Å². The molecule has 0 saturated carbocycles. The van der Waals surface area contributed by atoms with Gasteiger partial charge in [-0.3, -0.25) is 4.90 Å². The van der Waals surface area contributed by atoms with Gasteiger partial charge in [-0.25, -0.2) is 9.78 Å². The summed E-state index contributed by atoms with van der Waals surface area (Å²) in [5.41, 5.74) is 1.71. The van der Waals surface area contributed by atoms with Gasteiger partial charge in [0.15, 0.2) is 0 Å². The van der Waals surface area contributed by atoms with Crippen molar-refractivity contribution < 1.29 is 9.53 Å². The molecule has 0 bridgehead atoms. The molecule has 1 aliphatic rings. The molecular weight excluding hydrogens is 252 g/mol. The Morgan fingerprint density at radius 3 is 2.80 bits per heavy atom. The zero-order valence-electron chi connectivity index (χ0n) is 12.2. The molecule has 0 N–H and O–H groups in total. The lowest BCUT2D eigenvalue weighted by atomic mass is 10.0. The van der Waals surface area contributed by atoms with Crippen LogP contribution < -0.4 is 4.90 Å². The average Bonchev–Trinajstić information content (AvgIpc) is 2.38. The van der Waals surface area contributed by atoms with Gasteiger partial charge < -0.3 is 4.74 Å². The van der Waals surface area contributed by atoms with E-state index in [4.69, 9.17) is 4.74 Å². The molecule has 0 radical (unpaired) electrons. The third-order valence-electron chi connectivity index (χ3n) is 3.37. The molecule has 0 atom stereocenters. The second kappa shape index (κ2) is 5.49. The lowest BCUT2D eigenvalue weighted by Gasteiger charge is -2.35. The van der Waals surface area contributed by atoms with Crippen LogP contribution in [-0.4, -0.2) is 23.2 Å². The third kappa shape index (κ3) is 3.07. The van der Waals surface area contributed by atoms with E-state index in [2.05, 4.69) is 11.6 Å². The Kier molecular flexibility index (Phi) is 3.93. The predicted octanol–water partition coefficient (Wildman–Crippen LogP) is 3.80. The highest BCUT2D eigenvalue weighted by Gasteiger charge is 2.33. The first-order valence-corrected chi connectivity index (χ1v) is 6.69. The highest BCUT2D eigenvalue weighted by Crippen LogP contribution is 2.26. The maximum absolute atomic E-state index is 12.0. The Morgan fingerprint density at radius 2 is 2.25 bits per heavy atom. The van der Waals surface area contributed by atoms with Crippen LogP contribution in [0.3, 0.4) is 0 Å². The summed E-state index contributed by atoms with van der Waals surface area (Å²) in [5.74, 6) is 0.626. The molecule has 1 aliphatic heterocycles. The van der Waals surface area contributed by atoms with Gasteiger partial charge in [0.2, 0.25) is 0 Å². The van der Waals surface area contributed by atoms with Gasteiger partial charge in [0.1, 0.15) is 11.4 Å². The first kappa shape index (κ1) is 14.3. The maximum Gasteiger partial charge on any atom is 0.416 e. The van der Waals surface area contributed by atoms with Crippen molar-refractivity contribution in [3.63, 3.8) is 0 Å². The number of nitrogens with zero attached hydrogens (tertiary/aromatic N) is 2. The van der Waals surface area contributed by atoms with Gasteiger partial charge in [0, 0.05) is 19.2 Å². The standard InChI is InChI=1S/C16H20N2O2/c1-5-6-12(2)13-7-8-14(17-11-13)18-10-9-16(3,4)20-15(18)19/h5-8,11H,1,9-10H2,2-4H3/b12-6+. The van der Waals surface area contributed by atoms with E-state index in [-0.39, 0.29) is 6.09 Å². The van der Waals surface area contributed by atoms with Crippen LogP contribution in [0.2, 0.25) is 0 Å². The Balaban J connectivity index is 2.17. The van der Waals surface area contributed by atoms with Crippen molar-refractivity contribution in [1.29, 1.82) is 0 Å². The zero-order chi connectivity index (χ0) is 14.8. The summed E-state index contributed by atoms with van der Waals surface area (Å²) in [6.45, 7) is 10.1. The van der Waals surface area contributed by atoms with Crippen LogP contribution in [0.25, 0.3) is 5.57 Å². The molecule has 20 heavy (non-hydrogen) atoms. The first-order chi connectivity index (χ1) is 9.43. The number of ether oxygens (including phenoxy) is 1. The van der Waals surface area contributed by atoms with E-state index < -0.39 is 5.60 Å². The van der Waals surface area contributed by atoms with Gasteiger partial charge in [-0.05, 0) is 44.0 Å². The van der Waals surface area contributed by atoms with Gasteiger partial charge in [0.05, 0.1) is 0 Å². The van der Waals surface area contributed by atoms with E-state index in [1.54, 1.807) is 17.2 Å². The minimum atomic E-state index is -0.392. The molecule has 2 heterocycles. The van der Waals surface area contributed by atoms with Crippen molar-refractivity contribution in [2.24, 2.45) is 0 Å². The summed E-state index contributed by atoms with van der Waals surface area (Å²) in [4.78, 5) is 17.9. The molecule has 1 aromatic heterocycles. The fourth-order valence-corrected chi connectivity index (χ4v) is 2.07. The summed E-state index contributed by atoms with van der Waals surface area (Å²) in [5, 5.41) is 0. The molecule has 1 aromatic rings. The van der Waals surface area contributed by atoms with Gasteiger partial charge in [-0.15, -0.1) is 0 Å². The summed E-state index contributed by atoms with van der Waals surface area (Å²) in [7, 11) is 0. The molecule has 0 aromatic carbocycles. The fraction of sp³-hybridized carbons (Fsp3) is 0.375. The number of rotatable bonds is 3. The van der Waals surface area contributed by atoms with Crippen molar-refractivity contribution in [2.75, 3.05) is 11.4 Å². The molecule has 1 amide bonds. The maximum atomic E-state index is 12.0. The second-order valence-corrected chi connectivity index (χ2v) is 5.52. The topological polar surface area (TPSA) is 42.4 Å². The quantitative estimate of drug-likeness (QED) is 0.786. The number of hydrogen-bond donors (Lipinski definition) is 0. The van der Waals surface area contributed by atoms with Crippen molar-refractivity contribution in [2.45, 2.75) is 32.8 Å². The largest absolute Gasteiger partial charge is 0.443 e. The molecule has 4 nitrogen and oxygen atoms in total. The van der Waals surface area contributed by atoms with Gasteiger partial charge >= 0.3 is 6.09 Å². The average molecular weight is 272 g/mol. The van der Waals surface area contributed by atoms with Gasteiger partial charge in [0.25, 0.3) is 0 Å². The number of hydrogen-bond acceptors (Lipinski definition) is 3. The van der Waals surface area contributed by atoms with Crippen LogP contribution in [0.15, 0.2) is 37.1 Å². The smallest absolute Gasteiger partial charge is 0.416 e. The summed E-state index contributed by atoms with van der Waals surface area (Å²) in [6, 6.07) is 3.79. The predicted molar refractivity (Wildman–Crippen MR) is 80.6 cm³/mol.